The van der Waals surface area contributed by atoms with Crippen molar-refractivity contribution in [2.24, 2.45) is 0 Å². The Morgan fingerprint density at radius 2 is 2.07 bits per heavy atom. The third-order valence-electron chi connectivity index (χ3n) is 4.61. The Hall–Kier alpha value is -2.42. The van der Waals surface area contributed by atoms with E-state index in [0.29, 0.717) is 13.2 Å². The number of fused-ring (bicyclic) bond motifs is 3. The summed E-state index contributed by atoms with van der Waals surface area (Å²) >= 11 is 0. The molecule has 0 bridgehead atoms. The van der Waals surface area contributed by atoms with Crippen molar-refractivity contribution < 1.29 is 17.9 Å². The fourth-order valence-electron chi connectivity index (χ4n) is 3.34. The molecule has 0 saturated heterocycles. The fourth-order valence-corrected chi connectivity index (χ4v) is 4.52. The number of hydrogen-bond acceptors (Lipinski definition) is 5. The number of ether oxygens (including phenoxy) is 2. The summed E-state index contributed by atoms with van der Waals surface area (Å²) in [5, 5.41) is 0. The monoisotopic (exact) mass is 387 g/mol. The zero-order valence-electron chi connectivity index (χ0n) is 15.0. The van der Waals surface area contributed by atoms with Crippen LogP contribution in [-0.2, 0) is 27.1 Å². The molecule has 1 aliphatic rings. The Morgan fingerprint density at radius 1 is 1.26 bits per heavy atom. The van der Waals surface area contributed by atoms with Gasteiger partial charge in [0.2, 0.25) is 10.0 Å². The highest BCUT2D eigenvalue weighted by Crippen LogP contribution is 2.28. The highest BCUT2D eigenvalue weighted by molar-refractivity contribution is 7.88. The number of sulfonamides is 1. The van der Waals surface area contributed by atoms with E-state index in [4.69, 9.17) is 9.47 Å². The molecule has 0 amide bonds. The molecule has 0 spiro atoms. The van der Waals surface area contributed by atoms with E-state index in [9.17, 15) is 8.42 Å². The first kappa shape index (κ1) is 18.0. The smallest absolute Gasteiger partial charge is 0.215 e. The molecular formula is C19H21N3O4S. The van der Waals surface area contributed by atoms with Crippen LogP contribution in [0.4, 0.5) is 0 Å². The van der Waals surface area contributed by atoms with Crippen LogP contribution in [0.25, 0.3) is 11.0 Å². The second kappa shape index (κ2) is 7.30. The van der Waals surface area contributed by atoms with Crippen molar-refractivity contribution in [1.29, 1.82) is 0 Å². The van der Waals surface area contributed by atoms with Crippen LogP contribution in [0.2, 0.25) is 0 Å². The van der Waals surface area contributed by atoms with Gasteiger partial charge in [0.1, 0.15) is 18.2 Å². The van der Waals surface area contributed by atoms with Crippen molar-refractivity contribution in [3.05, 3.63) is 59.9 Å². The fraction of sp³-hybridized carbons (Fsp3) is 0.316. The van der Waals surface area contributed by atoms with E-state index in [1.54, 1.807) is 19.2 Å². The number of methoxy groups -OCH3 is 1. The lowest BCUT2D eigenvalue weighted by atomic mass is 10.2. The Kier molecular flexibility index (Phi) is 4.86. The molecule has 3 aromatic rings. The highest BCUT2D eigenvalue weighted by atomic mass is 32.2. The second-order valence-corrected chi connectivity index (χ2v) is 8.32. The Labute approximate surface area is 158 Å². The molecule has 1 N–H and O–H groups in total. The summed E-state index contributed by atoms with van der Waals surface area (Å²) in [6.07, 6.45) is 0. The molecule has 0 radical (unpaired) electrons. The number of rotatable bonds is 6. The van der Waals surface area contributed by atoms with Gasteiger partial charge in [0.15, 0.2) is 0 Å². The minimum atomic E-state index is -3.45. The molecule has 0 fully saturated rings. The number of nitrogens with one attached hydrogen (secondary N) is 1. The van der Waals surface area contributed by atoms with Crippen molar-refractivity contribution in [2.75, 3.05) is 20.3 Å². The topological polar surface area (TPSA) is 82.5 Å². The van der Waals surface area contributed by atoms with Gasteiger partial charge >= 0.3 is 0 Å². The van der Waals surface area contributed by atoms with Crippen molar-refractivity contribution in [2.45, 2.75) is 18.4 Å². The third-order valence-corrected chi connectivity index (χ3v) is 5.93. The van der Waals surface area contributed by atoms with E-state index >= 15 is 0 Å². The molecule has 1 atom stereocenters. The summed E-state index contributed by atoms with van der Waals surface area (Å²) in [6, 6.07) is 14.6. The van der Waals surface area contributed by atoms with Gasteiger partial charge in [-0.2, -0.15) is 0 Å². The Balaban J connectivity index is 1.56. The quantitative estimate of drug-likeness (QED) is 0.701. The Morgan fingerprint density at radius 3 is 2.85 bits per heavy atom. The maximum Gasteiger partial charge on any atom is 0.215 e. The van der Waals surface area contributed by atoms with Gasteiger partial charge in [0.05, 0.1) is 36.5 Å². The van der Waals surface area contributed by atoms with Crippen LogP contribution in [0, 0.1) is 0 Å². The average Bonchev–Trinajstić information content (AvgIpc) is 3.05. The van der Waals surface area contributed by atoms with Gasteiger partial charge in [0.25, 0.3) is 0 Å². The normalized spacial score (nSPS) is 17.0. The zero-order valence-corrected chi connectivity index (χ0v) is 15.8. The van der Waals surface area contributed by atoms with E-state index in [-0.39, 0.29) is 18.3 Å². The lowest BCUT2D eigenvalue weighted by Gasteiger charge is -2.26. The molecule has 0 aliphatic carbocycles. The second-order valence-electron chi connectivity index (χ2n) is 6.51. The predicted octanol–water partition coefficient (Wildman–Crippen LogP) is 2.24. The van der Waals surface area contributed by atoms with Gasteiger partial charge in [0, 0.05) is 12.6 Å². The summed E-state index contributed by atoms with van der Waals surface area (Å²) in [6.45, 7) is 1.07. The van der Waals surface area contributed by atoms with Gasteiger partial charge in [-0.15, -0.1) is 0 Å². The summed E-state index contributed by atoms with van der Waals surface area (Å²) in [7, 11) is -1.83. The molecular weight excluding hydrogens is 366 g/mol. The first-order valence-corrected chi connectivity index (χ1v) is 10.3. The van der Waals surface area contributed by atoms with E-state index in [0.717, 1.165) is 28.2 Å². The van der Waals surface area contributed by atoms with E-state index in [1.165, 1.54) is 0 Å². The van der Waals surface area contributed by atoms with Crippen LogP contribution in [0.1, 0.15) is 17.4 Å². The van der Waals surface area contributed by atoms with E-state index in [1.807, 2.05) is 41.0 Å². The van der Waals surface area contributed by atoms with Crippen molar-refractivity contribution >= 4 is 21.1 Å². The molecule has 0 saturated carbocycles. The average molecular weight is 387 g/mol. The predicted molar refractivity (Wildman–Crippen MR) is 102 cm³/mol. The molecule has 2 aromatic carbocycles. The standard InChI is InChI=1S/C19H21N3O4S/c1-25-16-7-8-17-18(9-16)22-15(11-26-12-19(22)21-17)10-20-27(23,24)13-14-5-3-2-4-6-14/h2-9,15,20H,10-13H2,1H3. The number of aromatic nitrogens is 2. The molecule has 7 nitrogen and oxygen atoms in total. The van der Waals surface area contributed by atoms with Crippen LogP contribution in [-0.4, -0.2) is 38.2 Å². The van der Waals surface area contributed by atoms with Gasteiger partial charge in [-0.1, -0.05) is 30.3 Å². The molecule has 142 valence electrons. The molecule has 4 rings (SSSR count). The first-order valence-electron chi connectivity index (χ1n) is 8.69. The van der Waals surface area contributed by atoms with Gasteiger partial charge in [-0.25, -0.2) is 18.1 Å². The molecule has 1 aliphatic heterocycles. The highest BCUT2D eigenvalue weighted by Gasteiger charge is 2.25. The first-order chi connectivity index (χ1) is 13.1. The molecule has 2 heterocycles. The molecule has 1 aromatic heterocycles. The van der Waals surface area contributed by atoms with Crippen LogP contribution in [0.5, 0.6) is 5.75 Å². The lowest BCUT2D eigenvalue weighted by molar-refractivity contribution is 0.0581. The van der Waals surface area contributed by atoms with Crippen molar-refractivity contribution in [3.63, 3.8) is 0 Å². The van der Waals surface area contributed by atoms with Crippen LogP contribution >= 0.6 is 0 Å². The minimum absolute atomic E-state index is 0.0488. The minimum Gasteiger partial charge on any atom is -0.497 e. The largest absolute Gasteiger partial charge is 0.497 e. The summed E-state index contributed by atoms with van der Waals surface area (Å²) < 4.78 is 40.6. The summed E-state index contributed by atoms with van der Waals surface area (Å²) in [5.41, 5.74) is 2.51. The van der Waals surface area contributed by atoms with Crippen LogP contribution < -0.4 is 9.46 Å². The maximum atomic E-state index is 12.5. The Bertz CT molecular complexity index is 1050. The van der Waals surface area contributed by atoms with E-state index < -0.39 is 10.0 Å². The summed E-state index contributed by atoms with van der Waals surface area (Å²) in [4.78, 5) is 4.60. The van der Waals surface area contributed by atoms with Crippen LogP contribution in [0.3, 0.4) is 0 Å². The number of benzene rings is 2. The van der Waals surface area contributed by atoms with Crippen molar-refractivity contribution in [1.82, 2.24) is 14.3 Å². The zero-order chi connectivity index (χ0) is 18.9. The number of imidazole rings is 1. The SMILES string of the molecule is COc1ccc2nc3n(c2c1)C(CNS(=O)(=O)Cc1ccccc1)COC3. The van der Waals surface area contributed by atoms with Crippen LogP contribution in [0.15, 0.2) is 48.5 Å². The van der Waals surface area contributed by atoms with Gasteiger partial charge in [-0.3, -0.25) is 0 Å². The lowest BCUT2D eigenvalue weighted by Crippen LogP contribution is -2.36. The molecule has 8 heteroatoms. The van der Waals surface area contributed by atoms with Crippen molar-refractivity contribution in [3.8, 4) is 5.75 Å². The van der Waals surface area contributed by atoms with Gasteiger partial charge in [-0.05, 0) is 17.7 Å². The third kappa shape index (κ3) is 3.83. The molecule has 1 unspecified atom stereocenters. The van der Waals surface area contributed by atoms with E-state index in [2.05, 4.69) is 9.71 Å². The van der Waals surface area contributed by atoms with Gasteiger partial charge < -0.3 is 14.0 Å². The maximum absolute atomic E-state index is 12.5. The molecule has 27 heavy (non-hydrogen) atoms. The summed E-state index contributed by atoms with van der Waals surface area (Å²) in [5.74, 6) is 1.48. The number of nitrogens with zero attached hydrogens (tertiary/aromatic N) is 2. The number of hydrogen-bond donors (Lipinski definition) is 1.